The van der Waals surface area contributed by atoms with Crippen molar-refractivity contribution in [1.82, 2.24) is 10.2 Å². The fourth-order valence-electron chi connectivity index (χ4n) is 3.97. The van der Waals surface area contributed by atoms with Crippen LogP contribution in [0.3, 0.4) is 0 Å². The topological polar surface area (TPSA) is 98.4 Å². The number of amides is 2. The molecule has 0 bridgehead atoms. The highest BCUT2D eigenvalue weighted by molar-refractivity contribution is 6.05. The zero-order chi connectivity index (χ0) is 24.2. The summed E-state index contributed by atoms with van der Waals surface area (Å²) >= 11 is 0. The predicted molar refractivity (Wildman–Crippen MR) is 127 cm³/mol. The monoisotopic (exact) mass is 469 g/mol. The van der Waals surface area contributed by atoms with E-state index in [-0.39, 0.29) is 36.7 Å². The number of fused-ring (bicyclic) bond motifs is 2. The Balaban J connectivity index is 1.57. The highest BCUT2D eigenvalue weighted by atomic mass is 16.7. The van der Waals surface area contributed by atoms with Gasteiger partial charge < -0.3 is 34.5 Å². The molecular formula is C25H31N3O6. The molecule has 2 amide bonds. The number of likely N-dealkylation sites (N-methyl/N-ethyl adjacent to an activating group) is 1. The molecule has 2 N–H and O–H groups in total. The van der Waals surface area contributed by atoms with Crippen LogP contribution < -0.4 is 24.8 Å². The summed E-state index contributed by atoms with van der Waals surface area (Å²) in [6.07, 6.45) is -0.0993. The van der Waals surface area contributed by atoms with Gasteiger partial charge in [0, 0.05) is 50.6 Å². The van der Waals surface area contributed by atoms with Crippen LogP contribution in [0, 0.1) is 5.92 Å². The molecule has 2 aliphatic rings. The Morgan fingerprint density at radius 1 is 1.09 bits per heavy atom. The predicted octanol–water partition coefficient (Wildman–Crippen LogP) is 2.76. The molecule has 0 saturated carbocycles. The molecular weight excluding hydrogens is 438 g/mol. The van der Waals surface area contributed by atoms with Crippen molar-refractivity contribution in [3.63, 3.8) is 0 Å². The fraction of sp³-hybridized carbons (Fsp3) is 0.440. The highest BCUT2D eigenvalue weighted by Crippen LogP contribution is 2.33. The zero-order valence-electron chi connectivity index (χ0n) is 19.9. The third-order valence-corrected chi connectivity index (χ3v) is 6.12. The number of carbonyl (C=O) groups is 2. The van der Waals surface area contributed by atoms with Crippen molar-refractivity contribution in [1.29, 1.82) is 0 Å². The van der Waals surface area contributed by atoms with Gasteiger partial charge in [-0.1, -0.05) is 6.92 Å². The first-order valence-corrected chi connectivity index (χ1v) is 11.3. The van der Waals surface area contributed by atoms with Gasteiger partial charge in [0.15, 0.2) is 11.5 Å². The summed E-state index contributed by atoms with van der Waals surface area (Å²) in [5.74, 6) is 1.31. The van der Waals surface area contributed by atoms with E-state index in [1.807, 2.05) is 6.92 Å². The van der Waals surface area contributed by atoms with Gasteiger partial charge in [-0.2, -0.15) is 0 Å². The lowest BCUT2D eigenvalue weighted by Gasteiger charge is -2.30. The van der Waals surface area contributed by atoms with E-state index in [9.17, 15) is 9.59 Å². The zero-order valence-corrected chi connectivity index (χ0v) is 19.9. The molecule has 0 fully saturated rings. The molecule has 4 rings (SSSR count). The third kappa shape index (κ3) is 5.26. The minimum absolute atomic E-state index is 0.0620. The lowest BCUT2D eigenvalue weighted by atomic mass is 10.0. The van der Waals surface area contributed by atoms with E-state index in [2.05, 4.69) is 17.6 Å². The smallest absolute Gasteiger partial charge is 0.257 e. The third-order valence-electron chi connectivity index (χ3n) is 6.12. The second-order valence-corrected chi connectivity index (χ2v) is 8.79. The lowest BCUT2D eigenvalue weighted by Crippen LogP contribution is -2.44. The van der Waals surface area contributed by atoms with E-state index in [0.29, 0.717) is 47.2 Å². The normalized spacial score (nSPS) is 22.8. The number of ether oxygens (including phenoxy) is 4. The average molecular weight is 470 g/mol. The molecule has 2 aromatic carbocycles. The van der Waals surface area contributed by atoms with Crippen molar-refractivity contribution in [2.24, 2.45) is 5.92 Å². The highest BCUT2D eigenvalue weighted by Gasteiger charge is 2.26. The Bertz CT molecular complexity index is 1060. The number of nitrogens with one attached hydrogen (secondary N) is 2. The second-order valence-electron chi connectivity index (χ2n) is 8.79. The lowest BCUT2D eigenvalue weighted by molar-refractivity contribution is 0.0281. The molecule has 182 valence electrons. The van der Waals surface area contributed by atoms with Crippen molar-refractivity contribution < 1.29 is 28.5 Å². The molecule has 3 atom stereocenters. The van der Waals surface area contributed by atoms with Crippen LogP contribution in [0.1, 0.15) is 34.6 Å². The maximum Gasteiger partial charge on any atom is 0.257 e. The Labute approximate surface area is 199 Å². The second kappa shape index (κ2) is 10.3. The van der Waals surface area contributed by atoms with Crippen molar-refractivity contribution in [3.8, 4) is 17.2 Å². The van der Waals surface area contributed by atoms with Gasteiger partial charge in [-0.15, -0.1) is 0 Å². The molecule has 0 aromatic heterocycles. The van der Waals surface area contributed by atoms with Gasteiger partial charge in [0.2, 0.25) is 6.79 Å². The first kappa shape index (κ1) is 23.8. The number of methoxy groups -OCH3 is 1. The van der Waals surface area contributed by atoms with Gasteiger partial charge in [0.05, 0.1) is 11.7 Å². The summed E-state index contributed by atoms with van der Waals surface area (Å²) < 4.78 is 22.3. The molecule has 9 heteroatoms. The summed E-state index contributed by atoms with van der Waals surface area (Å²) in [7, 11) is 3.42. The quantitative estimate of drug-likeness (QED) is 0.713. The number of nitrogens with zero attached hydrogens (tertiary/aromatic N) is 1. The van der Waals surface area contributed by atoms with Crippen LogP contribution in [-0.4, -0.2) is 69.5 Å². The standard InChI is InChI=1S/C25H31N3O6/c1-15-11-26-16(2)13-32-21-10-18(6-7-19(21)25(30)28(3)12-23(15)31-4)27-24(29)17-5-8-20-22(9-17)34-14-33-20/h5-10,15-16,23,26H,11-14H2,1-4H3,(H,27,29)/t15-,16-,23-/m0/s1. The van der Waals surface area contributed by atoms with E-state index >= 15 is 0 Å². The molecule has 0 unspecified atom stereocenters. The van der Waals surface area contributed by atoms with Crippen LogP contribution in [0.2, 0.25) is 0 Å². The molecule has 34 heavy (non-hydrogen) atoms. The molecule has 2 heterocycles. The summed E-state index contributed by atoms with van der Waals surface area (Å²) in [6, 6.07) is 10.1. The molecule has 0 aliphatic carbocycles. The number of hydrogen-bond acceptors (Lipinski definition) is 7. The maximum absolute atomic E-state index is 13.2. The SMILES string of the molecule is CO[C@H]1CN(C)C(=O)c2ccc(NC(=O)c3ccc4c(c3)OCO4)cc2OC[C@H](C)NC[C@@H]1C. The summed E-state index contributed by atoms with van der Waals surface area (Å²) in [5, 5.41) is 6.33. The maximum atomic E-state index is 13.2. The Kier molecular flexibility index (Phi) is 7.23. The summed E-state index contributed by atoms with van der Waals surface area (Å²) in [5.41, 5.74) is 1.39. The van der Waals surface area contributed by atoms with Gasteiger partial charge in [0.1, 0.15) is 12.4 Å². The van der Waals surface area contributed by atoms with Crippen LogP contribution in [-0.2, 0) is 4.74 Å². The summed E-state index contributed by atoms with van der Waals surface area (Å²) in [4.78, 5) is 27.7. The van der Waals surface area contributed by atoms with Crippen molar-refractivity contribution >= 4 is 17.5 Å². The fourth-order valence-corrected chi connectivity index (χ4v) is 3.97. The largest absolute Gasteiger partial charge is 0.491 e. The first-order valence-electron chi connectivity index (χ1n) is 11.3. The Hall–Kier alpha value is -3.30. The molecule has 0 saturated heterocycles. The van der Waals surface area contributed by atoms with E-state index in [1.54, 1.807) is 55.5 Å². The van der Waals surface area contributed by atoms with Crippen molar-refractivity contribution in [3.05, 3.63) is 47.5 Å². The van der Waals surface area contributed by atoms with Gasteiger partial charge in [0.25, 0.3) is 11.8 Å². The molecule has 0 radical (unpaired) electrons. The first-order chi connectivity index (χ1) is 16.4. The molecule has 0 spiro atoms. The molecule has 2 aromatic rings. The minimum Gasteiger partial charge on any atom is -0.491 e. The van der Waals surface area contributed by atoms with Crippen LogP contribution in [0.25, 0.3) is 0 Å². The average Bonchev–Trinajstić information content (AvgIpc) is 3.31. The Morgan fingerprint density at radius 3 is 2.68 bits per heavy atom. The number of carbonyl (C=O) groups excluding carboxylic acids is 2. The van der Waals surface area contributed by atoms with Crippen LogP contribution in [0.4, 0.5) is 5.69 Å². The minimum atomic E-state index is -0.304. The number of benzene rings is 2. The summed E-state index contributed by atoms with van der Waals surface area (Å²) in [6.45, 7) is 5.83. The Morgan fingerprint density at radius 2 is 1.88 bits per heavy atom. The van der Waals surface area contributed by atoms with E-state index in [1.165, 1.54) is 0 Å². The van der Waals surface area contributed by atoms with Gasteiger partial charge >= 0.3 is 0 Å². The van der Waals surface area contributed by atoms with Gasteiger partial charge in [-0.05, 0) is 43.2 Å². The van der Waals surface area contributed by atoms with E-state index in [4.69, 9.17) is 18.9 Å². The van der Waals surface area contributed by atoms with Gasteiger partial charge in [-0.25, -0.2) is 0 Å². The van der Waals surface area contributed by atoms with Crippen molar-refractivity contribution in [2.45, 2.75) is 26.0 Å². The molecule has 9 nitrogen and oxygen atoms in total. The van der Waals surface area contributed by atoms with E-state index < -0.39 is 0 Å². The van der Waals surface area contributed by atoms with Crippen LogP contribution in [0.5, 0.6) is 17.2 Å². The number of rotatable bonds is 3. The van der Waals surface area contributed by atoms with Crippen LogP contribution in [0.15, 0.2) is 36.4 Å². The van der Waals surface area contributed by atoms with Crippen LogP contribution >= 0.6 is 0 Å². The number of anilines is 1. The molecule has 2 aliphatic heterocycles. The number of hydrogen-bond donors (Lipinski definition) is 2. The van der Waals surface area contributed by atoms with Gasteiger partial charge in [-0.3, -0.25) is 9.59 Å². The van der Waals surface area contributed by atoms with Crippen molar-refractivity contribution in [2.75, 3.05) is 46.0 Å². The van der Waals surface area contributed by atoms with E-state index in [0.717, 1.165) is 6.54 Å².